The van der Waals surface area contributed by atoms with Crippen LogP contribution in [0, 0.1) is 5.82 Å². The molecule has 0 aliphatic heterocycles. The molecule has 20 heavy (non-hydrogen) atoms. The van der Waals surface area contributed by atoms with E-state index in [0.717, 1.165) is 18.4 Å². The number of rotatable bonds is 5. The highest BCUT2D eigenvalue weighted by atomic mass is 19.1. The summed E-state index contributed by atoms with van der Waals surface area (Å²) >= 11 is 0. The molecule has 6 heteroatoms. The van der Waals surface area contributed by atoms with E-state index < -0.39 is 6.09 Å². The maximum Gasteiger partial charge on any atom is 0.406 e. The van der Waals surface area contributed by atoms with Crippen molar-refractivity contribution in [1.82, 2.24) is 15.1 Å². The van der Waals surface area contributed by atoms with Crippen LogP contribution in [0.2, 0.25) is 0 Å². The minimum absolute atomic E-state index is 0.311. The van der Waals surface area contributed by atoms with Crippen LogP contribution < -0.4 is 5.32 Å². The third kappa shape index (κ3) is 3.57. The Morgan fingerprint density at radius 1 is 1.45 bits per heavy atom. The van der Waals surface area contributed by atoms with Crippen molar-refractivity contribution >= 4 is 6.09 Å². The summed E-state index contributed by atoms with van der Waals surface area (Å²) in [6.45, 7) is 0.525. The largest absolute Gasteiger partial charge is 0.453 e. The molecule has 1 heterocycles. The molecular weight excluding hydrogens is 261 g/mol. The second kappa shape index (κ2) is 6.70. The van der Waals surface area contributed by atoms with Gasteiger partial charge in [0.05, 0.1) is 13.3 Å². The predicted molar refractivity (Wildman–Crippen MR) is 72.3 cm³/mol. The number of ether oxygens (including phenoxy) is 1. The van der Waals surface area contributed by atoms with Crippen molar-refractivity contribution in [1.29, 1.82) is 0 Å². The van der Waals surface area contributed by atoms with Gasteiger partial charge in [0, 0.05) is 12.7 Å². The van der Waals surface area contributed by atoms with E-state index in [4.69, 9.17) is 0 Å². The minimum Gasteiger partial charge on any atom is -0.453 e. The van der Waals surface area contributed by atoms with E-state index in [1.165, 1.54) is 17.9 Å². The number of para-hydroxylation sites is 1. The van der Waals surface area contributed by atoms with E-state index in [0.29, 0.717) is 12.2 Å². The van der Waals surface area contributed by atoms with Gasteiger partial charge >= 0.3 is 6.09 Å². The third-order valence-corrected chi connectivity index (χ3v) is 2.83. The number of benzene rings is 1. The SMILES string of the molecule is COC(=O)NCCCc1cnn(-c2ccccc2F)c1. The molecule has 2 rings (SSSR count). The van der Waals surface area contributed by atoms with Crippen molar-refractivity contribution in [2.24, 2.45) is 0 Å². The van der Waals surface area contributed by atoms with Gasteiger partial charge < -0.3 is 10.1 Å². The fourth-order valence-electron chi connectivity index (χ4n) is 1.81. The Balaban J connectivity index is 1.90. The van der Waals surface area contributed by atoms with Gasteiger partial charge in [-0.1, -0.05) is 12.1 Å². The Morgan fingerprint density at radius 3 is 3.00 bits per heavy atom. The van der Waals surface area contributed by atoms with Crippen LogP contribution in [0.25, 0.3) is 5.69 Å². The number of nitrogens with zero attached hydrogens (tertiary/aromatic N) is 2. The molecule has 0 atom stereocenters. The lowest BCUT2D eigenvalue weighted by molar-refractivity contribution is 0.171. The standard InChI is InChI=1S/C14H16FN3O2/c1-20-14(19)16-8-4-5-11-9-17-18(10-11)13-7-3-2-6-12(13)15/h2-3,6-7,9-10H,4-5,8H2,1H3,(H,16,19). The number of aryl methyl sites for hydroxylation is 1. The fraction of sp³-hybridized carbons (Fsp3) is 0.286. The van der Waals surface area contributed by atoms with Crippen molar-refractivity contribution in [2.75, 3.05) is 13.7 Å². The first-order valence-corrected chi connectivity index (χ1v) is 6.31. The number of hydrogen-bond acceptors (Lipinski definition) is 3. The van der Waals surface area contributed by atoms with Crippen LogP contribution in [0.4, 0.5) is 9.18 Å². The molecule has 2 aromatic rings. The molecule has 0 radical (unpaired) electrons. The highest BCUT2D eigenvalue weighted by Gasteiger charge is 2.05. The average Bonchev–Trinajstić information content (AvgIpc) is 2.92. The summed E-state index contributed by atoms with van der Waals surface area (Å²) in [7, 11) is 1.33. The van der Waals surface area contributed by atoms with Crippen LogP contribution in [-0.4, -0.2) is 29.5 Å². The summed E-state index contributed by atoms with van der Waals surface area (Å²) in [5.74, 6) is -0.311. The van der Waals surface area contributed by atoms with Gasteiger partial charge in [-0.2, -0.15) is 5.10 Å². The Kier molecular flexibility index (Phi) is 4.70. The summed E-state index contributed by atoms with van der Waals surface area (Å²) in [5, 5.41) is 6.74. The number of halogens is 1. The highest BCUT2D eigenvalue weighted by molar-refractivity contribution is 5.66. The van der Waals surface area contributed by atoms with E-state index in [1.54, 1.807) is 30.6 Å². The van der Waals surface area contributed by atoms with Gasteiger partial charge in [0.15, 0.2) is 0 Å². The normalized spacial score (nSPS) is 10.3. The fourth-order valence-corrected chi connectivity index (χ4v) is 1.81. The first-order valence-electron chi connectivity index (χ1n) is 6.31. The highest BCUT2D eigenvalue weighted by Crippen LogP contribution is 2.13. The molecule has 1 aromatic heterocycles. The van der Waals surface area contributed by atoms with Gasteiger partial charge in [0.25, 0.3) is 0 Å². The lowest BCUT2D eigenvalue weighted by Crippen LogP contribution is -2.24. The molecule has 1 aromatic carbocycles. The van der Waals surface area contributed by atoms with Crippen molar-refractivity contribution in [3.8, 4) is 5.69 Å². The number of carbonyl (C=O) groups excluding carboxylic acids is 1. The maximum absolute atomic E-state index is 13.6. The molecule has 0 saturated heterocycles. The second-order valence-corrected chi connectivity index (χ2v) is 4.27. The zero-order chi connectivity index (χ0) is 14.4. The number of carbonyl (C=O) groups is 1. The first-order chi connectivity index (χ1) is 9.70. The van der Waals surface area contributed by atoms with Crippen molar-refractivity contribution < 1.29 is 13.9 Å². The second-order valence-electron chi connectivity index (χ2n) is 4.27. The topological polar surface area (TPSA) is 56.1 Å². The molecule has 1 amide bonds. The zero-order valence-corrected chi connectivity index (χ0v) is 11.2. The van der Waals surface area contributed by atoms with Crippen molar-refractivity contribution in [2.45, 2.75) is 12.8 Å². The van der Waals surface area contributed by atoms with Crippen LogP contribution >= 0.6 is 0 Å². The third-order valence-electron chi connectivity index (χ3n) is 2.83. The van der Waals surface area contributed by atoms with Gasteiger partial charge in [-0.3, -0.25) is 0 Å². The van der Waals surface area contributed by atoms with Gasteiger partial charge in [-0.15, -0.1) is 0 Å². The minimum atomic E-state index is -0.438. The average molecular weight is 277 g/mol. The summed E-state index contributed by atoms with van der Waals surface area (Å²) < 4.78 is 19.6. The molecule has 0 aliphatic carbocycles. The van der Waals surface area contributed by atoms with Crippen LogP contribution in [0.5, 0.6) is 0 Å². The Morgan fingerprint density at radius 2 is 2.25 bits per heavy atom. The van der Waals surface area contributed by atoms with Crippen LogP contribution in [0.15, 0.2) is 36.7 Å². The molecule has 0 aliphatic rings. The Hall–Kier alpha value is -2.37. The zero-order valence-electron chi connectivity index (χ0n) is 11.2. The molecule has 106 valence electrons. The predicted octanol–water partition coefficient (Wildman–Crippen LogP) is 2.30. The van der Waals surface area contributed by atoms with E-state index in [2.05, 4.69) is 15.2 Å². The summed E-state index contributed by atoms with van der Waals surface area (Å²) in [6.07, 6.45) is 4.56. The number of hydrogen-bond donors (Lipinski definition) is 1. The summed E-state index contributed by atoms with van der Waals surface area (Å²) in [4.78, 5) is 10.9. The van der Waals surface area contributed by atoms with E-state index >= 15 is 0 Å². The lowest BCUT2D eigenvalue weighted by atomic mass is 10.2. The van der Waals surface area contributed by atoms with E-state index in [-0.39, 0.29) is 5.82 Å². The number of nitrogens with one attached hydrogen (secondary N) is 1. The van der Waals surface area contributed by atoms with Crippen LogP contribution in [0.3, 0.4) is 0 Å². The number of methoxy groups -OCH3 is 1. The van der Waals surface area contributed by atoms with Crippen molar-refractivity contribution in [3.05, 3.63) is 48.0 Å². The Bertz CT molecular complexity index is 583. The molecule has 1 N–H and O–H groups in total. The number of amides is 1. The maximum atomic E-state index is 13.6. The quantitative estimate of drug-likeness (QED) is 0.853. The molecular formula is C14H16FN3O2. The van der Waals surface area contributed by atoms with Gasteiger partial charge in [-0.25, -0.2) is 13.9 Å². The molecule has 0 spiro atoms. The smallest absolute Gasteiger partial charge is 0.406 e. The van der Waals surface area contributed by atoms with E-state index in [9.17, 15) is 9.18 Å². The molecule has 0 fully saturated rings. The summed E-state index contributed by atoms with van der Waals surface area (Å²) in [6, 6.07) is 6.48. The van der Waals surface area contributed by atoms with Crippen LogP contribution in [-0.2, 0) is 11.2 Å². The van der Waals surface area contributed by atoms with Gasteiger partial charge in [0.1, 0.15) is 11.5 Å². The van der Waals surface area contributed by atoms with Crippen molar-refractivity contribution in [3.63, 3.8) is 0 Å². The lowest BCUT2D eigenvalue weighted by Gasteiger charge is -2.02. The molecule has 0 unspecified atom stereocenters. The number of alkyl carbamates (subject to hydrolysis) is 1. The van der Waals surface area contributed by atoms with Gasteiger partial charge in [-0.05, 0) is 30.5 Å². The van der Waals surface area contributed by atoms with Crippen LogP contribution in [0.1, 0.15) is 12.0 Å². The first kappa shape index (κ1) is 14.0. The summed E-state index contributed by atoms with van der Waals surface area (Å²) in [5.41, 5.74) is 1.41. The monoisotopic (exact) mass is 277 g/mol. The molecule has 0 saturated carbocycles. The van der Waals surface area contributed by atoms with E-state index in [1.807, 2.05) is 0 Å². The molecule has 0 bridgehead atoms. The molecule has 5 nitrogen and oxygen atoms in total. The number of aromatic nitrogens is 2. The Labute approximate surface area is 116 Å². The van der Waals surface area contributed by atoms with Gasteiger partial charge in [0.2, 0.25) is 0 Å².